The molecule has 0 saturated carbocycles. The van der Waals surface area contributed by atoms with Crippen molar-refractivity contribution < 1.29 is 28.2 Å². The van der Waals surface area contributed by atoms with Crippen LogP contribution in [0.1, 0.15) is 27.7 Å². The number of benzene rings is 2. The van der Waals surface area contributed by atoms with Gasteiger partial charge in [0.15, 0.2) is 16.9 Å². The number of phenolic OH excluding ortho intramolecular Hbond substituents is 1. The van der Waals surface area contributed by atoms with Gasteiger partial charge in [-0.25, -0.2) is 4.39 Å². The van der Waals surface area contributed by atoms with Crippen molar-refractivity contribution in [1.82, 2.24) is 4.90 Å². The van der Waals surface area contributed by atoms with Gasteiger partial charge in [-0.15, -0.1) is 0 Å². The first-order valence-electron chi connectivity index (χ1n) is 9.00. The number of amides is 1. The SMILES string of the molecule is COCCN1C(=O)c2oc3ccc(F)cc3c(=O)c2C1c1cc(Br)c(O)c(OC)c1. The van der Waals surface area contributed by atoms with E-state index in [4.69, 9.17) is 13.9 Å². The number of nitrogens with zero attached hydrogens (tertiary/aromatic N) is 1. The van der Waals surface area contributed by atoms with Crippen molar-refractivity contribution in [2.75, 3.05) is 27.4 Å². The molecule has 9 heteroatoms. The van der Waals surface area contributed by atoms with Crippen LogP contribution in [0.5, 0.6) is 11.5 Å². The van der Waals surface area contributed by atoms with Crippen molar-refractivity contribution in [3.63, 3.8) is 0 Å². The predicted octanol–water partition coefficient (Wildman–Crippen LogP) is 3.60. The zero-order valence-corrected chi connectivity index (χ0v) is 17.7. The fraction of sp³-hybridized carbons (Fsp3) is 0.238. The number of carbonyl (C=O) groups excluding carboxylic acids is 1. The summed E-state index contributed by atoms with van der Waals surface area (Å²) in [6.45, 7) is 0.421. The number of methoxy groups -OCH3 is 2. The first-order valence-corrected chi connectivity index (χ1v) is 9.79. The van der Waals surface area contributed by atoms with Crippen LogP contribution < -0.4 is 10.2 Å². The van der Waals surface area contributed by atoms with E-state index < -0.39 is 23.2 Å². The Kier molecular flexibility index (Phi) is 5.25. The second kappa shape index (κ2) is 7.73. The van der Waals surface area contributed by atoms with Gasteiger partial charge in [-0.3, -0.25) is 9.59 Å². The minimum absolute atomic E-state index is 0.0463. The molecule has 1 aliphatic rings. The van der Waals surface area contributed by atoms with E-state index in [1.165, 1.54) is 31.3 Å². The van der Waals surface area contributed by atoms with Crippen LogP contribution in [-0.4, -0.2) is 43.3 Å². The average Bonchev–Trinajstić information content (AvgIpc) is 3.01. The maximum Gasteiger partial charge on any atom is 0.290 e. The first-order chi connectivity index (χ1) is 14.4. The highest BCUT2D eigenvalue weighted by Gasteiger charge is 2.43. The monoisotopic (exact) mass is 477 g/mol. The maximum absolute atomic E-state index is 13.8. The largest absolute Gasteiger partial charge is 0.503 e. The second-order valence-corrected chi connectivity index (χ2v) is 7.62. The molecule has 0 fully saturated rings. The zero-order chi connectivity index (χ0) is 21.6. The number of ether oxygens (including phenoxy) is 2. The number of carbonyl (C=O) groups is 1. The summed E-state index contributed by atoms with van der Waals surface area (Å²) >= 11 is 3.27. The molecule has 1 aromatic heterocycles. The summed E-state index contributed by atoms with van der Waals surface area (Å²) in [5.41, 5.74) is 0.258. The molecular formula is C21H17BrFNO6. The Labute approximate surface area is 178 Å². The lowest BCUT2D eigenvalue weighted by atomic mass is 9.98. The van der Waals surface area contributed by atoms with Gasteiger partial charge in [-0.05, 0) is 51.8 Å². The highest BCUT2D eigenvalue weighted by atomic mass is 79.9. The van der Waals surface area contributed by atoms with Gasteiger partial charge in [-0.2, -0.15) is 0 Å². The highest BCUT2D eigenvalue weighted by molar-refractivity contribution is 9.10. The smallest absolute Gasteiger partial charge is 0.290 e. The van der Waals surface area contributed by atoms with Gasteiger partial charge in [0.2, 0.25) is 5.76 Å². The summed E-state index contributed by atoms with van der Waals surface area (Å²) in [5.74, 6) is -1.09. The number of rotatable bonds is 5. The Balaban J connectivity index is 2.00. The van der Waals surface area contributed by atoms with Crippen molar-refractivity contribution in [3.8, 4) is 11.5 Å². The van der Waals surface area contributed by atoms with E-state index in [0.717, 1.165) is 6.07 Å². The van der Waals surface area contributed by atoms with Gasteiger partial charge in [0.05, 0.1) is 35.2 Å². The van der Waals surface area contributed by atoms with Crippen LogP contribution in [0.15, 0.2) is 44.0 Å². The average molecular weight is 478 g/mol. The molecule has 4 rings (SSSR count). The third kappa shape index (κ3) is 3.14. The first kappa shape index (κ1) is 20.4. The van der Waals surface area contributed by atoms with Crippen molar-refractivity contribution in [2.24, 2.45) is 0 Å². The maximum atomic E-state index is 13.8. The number of fused-ring (bicyclic) bond motifs is 2. The van der Waals surface area contributed by atoms with Crippen LogP contribution in [0.4, 0.5) is 4.39 Å². The lowest BCUT2D eigenvalue weighted by Crippen LogP contribution is -2.32. The molecule has 0 aliphatic carbocycles. The Morgan fingerprint density at radius 3 is 2.70 bits per heavy atom. The number of phenols is 1. The molecule has 0 radical (unpaired) electrons. The van der Waals surface area contributed by atoms with Gasteiger partial charge in [-0.1, -0.05) is 0 Å². The summed E-state index contributed by atoms with van der Waals surface area (Å²) in [4.78, 5) is 27.9. The molecule has 3 aromatic rings. The molecule has 2 heterocycles. The summed E-state index contributed by atoms with van der Waals surface area (Å²) in [7, 11) is 2.90. The van der Waals surface area contributed by atoms with E-state index in [9.17, 15) is 19.1 Å². The quantitative estimate of drug-likeness (QED) is 0.603. The molecule has 1 atom stereocenters. The minimum atomic E-state index is -0.822. The van der Waals surface area contributed by atoms with Gasteiger partial charge in [0.1, 0.15) is 11.4 Å². The minimum Gasteiger partial charge on any atom is -0.503 e. The fourth-order valence-corrected chi connectivity index (χ4v) is 4.13. The summed E-state index contributed by atoms with van der Waals surface area (Å²) in [6.07, 6.45) is 0. The van der Waals surface area contributed by atoms with E-state index in [0.29, 0.717) is 10.0 Å². The second-order valence-electron chi connectivity index (χ2n) is 6.76. The Bertz CT molecular complexity index is 1220. The lowest BCUT2D eigenvalue weighted by Gasteiger charge is -2.25. The topological polar surface area (TPSA) is 89.2 Å². The number of halogens is 2. The number of hydrogen-bond donors (Lipinski definition) is 1. The third-order valence-corrected chi connectivity index (χ3v) is 5.65. The van der Waals surface area contributed by atoms with E-state index >= 15 is 0 Å². The summed E-state index contributed by atoms with van der Waals surface area (Å²) < 4.78 is 30.2. The molecule has 2 aromatic carbocycles. The Morgan fingerprint density at radius 2 is 2.00 bits per heavy atom. The highest BCUT2D eigenvalue weighted by Crippen LogP contribution is 2.43. The third-order valence-electron chi connectivity index (χ3n) is 5.05. The lowest BCUT2D eigenvalue weighted by molar-refractivity contribution is 0.0663. The van der Waals surface area contributed by atoms with E-state index in [2.05, 4.69) is 15.9 Å². The molecule has 0 saturated heterocycles. The Morgan fingerprint density at radius 1 is 1.23 bits per heavy atom. The van der Waals surface area contributed by atoms with E-state index in [1.54, 1.807) is 12.1 Å². The van der Waals surface area contributed by atoms with E-state index in [-0.39, 0.29) is 46.9 Å². The molecule has 30 heavy (non-hydrogen) atoms. The molecule has 0 bridgehead atoms. The molecule has 1 unspecified atom stereocenters. The van der Waals surface area contributed by atoms with Crippen LogP contribution in [0.3, 0.4) is 0 Å². The van der Waals surface area contributed by atoms with Crippen LogP contribution in [0.2, 0.25) is 0 Å². The van der Waals surface area contributed by atoms with Gasteiger partial charge < -0.3 is 23.9 Å². The molecule has 1 aliphatic heterocycles. The molecule has 1 N–H and O–H groups in total. The molecular weight excluding hydrogens is 461 g/mol. The van der Waals surface area contributed by atoms with Crippen molar-refractivity contribution in [1.29, 1.82) is 0 Å². The van der Waals surface area contributed by atoms with Crippen LogP contribution >= 0.6 is 15.9 Å². The number of hydrogen-bond acceptors (Lipinski definition) is 6. The Hall–Kier alpha value is -2.91. The molecule has 7 nitrogen and oxygen atoms in total. The van der Waals surface area contributed by atoms with Crippen LogP contribution in [0, 0.1) is 5.82 Å². The summed E-state index contributed by atoms with van der Waals surface area (Å²) in [6, 6.07) is 5.90. The van der Waals surface area contributed by atoms with Crippen LogP contribution in [0.25, 0.3) is 11.0 Å². The van der Waals surface area contributed by atoms with Gasteiger partial charge in [0.25, 0.3) is 5.91 Å². The zero-order valence-electron chi connectivity index (χ0n) is 16.1. The van der Waals surface area contributed by atoms with E-state index in [1.807, 2.05) is 0 Å². The van der Waals surface area contributed by atoms with Gasteiger partial charge >= 0.3 is 0 Å². The normalized spacial score (nSPS) is 15.7. The van der Waals surface area contributed by atoms with Crippen molar-refractivity contribution in [3.05, 3.63) is 67.7 Å². The van der Waals surface area contributed by atoms with Crippen molar-refractivity contribution in [2.45, 2.75) is 6.04 Å². The summed E-state index contributed by atoms with van der Waals surface area (Å²) in [5, 5.41) is 10.2. The standard InChI is InChI=1S/C21H17BrFNO6/c1-28-6-5-24-17(10-7-13(22)19(26)15(8-10)29-2)16-18(25)12-9-11(23)3-4-14(12)30-20(16)21(24)27/h3-4,7-9,17,26H,5-6H2,1-2H3. The van der Waals surface area contributed by atoms with Gasteiger partial charge in [0, 0.05) is 13.7 Å². The molecule has 0 spiro atoms. The fourth-order valence-electron chi connectivity index (χ4n) is 3.67. The predicted molar refractivity (Wildman–Crippen MR) is 110 cm³/mol. The van der Waals surface area contributed by atoms with Crippen molar-refractivity contribution >= 4 is 32.8 Å². The molecule has 156 valence electrons. The number of aromatic hydroxyl groups is 1. The van der Waals surface area contributed by atoms with Crippen LogP contribution in [-0.2, 0) is 4.74 Å². The molecule has 1 amide bonds.